The minimum atomic E-state index is 0.374. The van der Waals surface area contributed by atoms with Gasteiger partial charge >= 0.3 is 0 Å². The lowest BCUT2D eigenvalue weighted by Gasteiger charge is -2.57. The van der Waals surface area contributed by atoms with Crippen molar-refractivity contribution in [2.75, 3.05) is 37.4 Å². The van der Waals surface area contributed by atoms with E-state index >= 15 is 0 Å². The SMILES string of the molecule is COc1cccc(C[C@H]2[C@H]3C[C@H](CN(c4nc(N)ncc4C)C3)[C@@H]3CCCCN32)c1. The number of hydrogen-bond acceptors (Lipinski definition) is 6. The summed E-state index contributed by atoms with van der Waals surface area (Å²) in [4.78, 5) is 14.2. The summed E-state index contributed by atoms with van der Waals surface area (Å²) in [5.74, 6) is 3.70. The van der Waals surface area contributed by atoms with Gasteiger partial charge in [-0.1, -0.05) is 18.6 Å². The van der Waals surface area contributed by atoms with E-state index in [-0.39, 0.29) is 0 Å². The summed E-state index contributed by atoms with van der Waals surface area (Å²) in [5, 5.41) is 0. The van der Waals surface area contributed by atoms with E-state index in [9.17, 15) is 0 Å². The van der Waals surface area contributed by atoms with Gasteiger partial charge in [0.2, 0.25) is 5.95 Å². The lowest BCUT2D eigenvalue weighted by atomic mass is 9.71. The van der Waals surface area contributed by atoms with E-state index in [1.165, 1.54) is 37.8 Å². The van der Waals surface area contributed by atoms with Crippen molar-refractivity contribution in [3.8, 4) is 5.75 Å². The smallest absolute Gasteiger partial charge is 0.221 e. The van der Waals surface area contributed by atoms with Gasteiger partial charge in [-0.25, -0.2) is 4.98 Å². The summed E-state index contributed by atoms with van der Waals surface area (Å²) >= 11 is 0. The van der Waals surface area contributed by atoms with Crippen molar-refractivity contribution < 1.29 is 4.74 Å². The molecular formula is C24H33N5O. The Morgan fingerprint density at radius 3 is 2.93 bits per heavy atom. The molecule has 3 aliphatic rings. The van der Waals surface area contributed by atoms with Gasteiger partial charge in [0.1, 0.15) is 11.6 Å². The van der Waals surface area contributed by atoms with Crippen LogP contribution < -0.4 is 15.4 Å². The number of ether oxygens (including phenoxy) is 1. The molecule has 1 aromatic heterocycles. The Morgan fingerprint density at radius 1 is 1.20 bits per heavy atom. The summed E-state index contributed by atoms with van der Waals surface area (Å²) in [6, 6.07) is 9.88. The van der Waals surface area contributed by atoms with Crippen LogP contribution >= 0.6 is 0 Å². The lowest BCUT2D eigenvalue weighted by Crippen LogP contribution is -2.64. The standard InChI is InChI=1S/C24H33N5O/c1-16-13-26-24(25)27-23(16)28-14-18-12-19(15-28)22(29-9-4-3-8-21(18)29)11-17-6-5-7-20(10-17)30-2/h5-7,10,13,18-19,21-22H,3-4,8-9,11-12,14-15H2,1-2H3,(H2,25,26,27)/t18-,19+,21+,22+/m1/s1. The number of anilines is 2. The van der Waals surface area contributed by atoms with Gasteiger partial charge in [0.05, 0.1) is 7.11 Å². The third kappa shape index (κ3) is 3.62. The van der Waals surface area contributed by atoms with Gasteiger partial charge in [-0.05, 0) is 68.7 Å². The molecule has 3 fully saturated rings. The van der Waals surface area contributed by atoms with Gasteiger partial charge in [0, 0.05) is 36.9 Å². The third-order valence-corrected chi connectivity index (χ3v) is 7.46. The van der Waals surface area contributed by atoms with E-state index in [2.05, 4.69) is 44.9 Å². The first-order chi connectivity index (χ1) is 14.6. The van der Waals surface area contributed by atoms with E-state index in [1.54, 1.807) is 7.11 Å². The molecule has 0 radical (unpaired) electrons. The minimum absolute atomic E-state index is 0.374. The summed E-state index contributed by atoms with van der Waals surface area (Å²) < 4.78 is 5.48. The Kier molecular flexibility index (Phi) is 5.27. The number of hydrogen-bond donors (Lipinski definition) is 1. The molecule has 0 aliphatic carbocycles. The Bertz CT molecular complexity index is 903. The zero-order chi connectivity index (χ0) is 20.7. The number of piperidine rings is 3. The summed E-state index contributed by atoms with van der Waals surface area (Å²) in [6.45, 7) is 5.47. The van der Waals surface area contributed by atoms with Crippen molar-refractivity contribution >= 4 is 11.8 Å². The largest absolute Gasteiger partial charge is 0.497 e. The van der Waals surface area contributed by atoms with Gasteiger partial charge in [-0.2, -0.15) is 4.98 Å². The quantitative estimate of drug-likeness (QED) is 0.839. The summed E-state index contributed by atoms with van der Waals surface area (Å²) in [7, 11) is 1.75. The molecule has 4 heterocycles. The zero-order valence-electron chi connectivity index (χ0n) is 18.1. The molecule has 6 heteroatoms. The number of nitrogens with two attached hydrogens (primary N) is 1. The topological polar surface area (TPSA) is 67.5 Å². The van der Waals surface area contributed by atoms with Crippen LogP contribution in [0.25, 0.3) is 0 Å². The monoisotopic (exact) mass is 407 g/mol. The first-order valence-electron chi connectivity index (χ1n) is 11.3. The summed E-state index contributed by atoms with van der Waals surface area (Å²) in [6.07, 6.45) is 8.28. The van der Waals surface area contributed by atoms with Gasteiger partial charge in [-0.3, -0.25) is 4.90 Å². The van der Waals surface area contributed by atoms with Crippen LogP contribution in [-0.2, 0) is 6.42 Å². The molecule has 2 bridgehead atoms. The average molecular weight is 408 g/mol. The number of nitrogens with zero attached hydrogens (tertiary/aromatic N) is 4. The predicted molar refractivity (Wildman–Crippen MR) is 120 cm³/mol. The predicted octanol–water partition coefficient (Wildman–Crippen LogP) is 3.30. The molecule has 0 unspecified atom stereocenters. The molecule has 4 atom stereocenters. The maximum atomic E-state index is 5.94. The molecule has 5 rings (SSSR count). The minimum Gasteiger partial charge on any atom is -0.497 e. The first-order valence-corrected chi connectivity index (χ1v) is 11.3. The van der Waals surface area contributed by atoms with Gasteiger partial charge < -0.3 is 15.4 Å². The van der Waals surface area contributed by atoms with E-state index in [0.29, 0.717) is 29.9 Å². The number of fused-ring (bicyclic) bond motifs is 4. The fourth-order valence-electron chi connectivity index (χ4n) is 6.17. The molecular weight excluding hydrogens is 374 g/mol. The Labute approximate surface area is 179 Å². The van der Waals surface area contributed by atoms with Crippen LogP contribution in [0.1, 0.15) is 36.8 Å². The first kappa shape index (κ1) is 19.6. The molecule has 0 spiro atoms. The molecule has 3 saturated heterocycles. The fraction of sp³-hybridized carbons (Fsp3) is 0.583. The number of methoxy groups -OCH3 is 1. The molecule has 1 aromatic carbocycles. The zero-order valence-corrected chi connectivity index (χ0v) is 18.1. The average Bonchev–Trinajstić information content (AvgIpc) is 2.78. The van der Waals surface area contributed by atoms with Gasteiger partial charge in [0.15, 0.2) is 0 Å². The molecule has 0 amide bonds. The van der Waals surface area contributed by atoms with Crippen LogP contribution in [-0.4, -0.2) is 53.7 Å². The lowest BCUT2D eigenvalue weighted by molar-refractivity contribution is -0.0318. The highest BCUT2D eigenvalue weighted by molar-refractivity contribution is 5.49. The van der Waals surface area contributed by atoms with E-state index < -0.39 is 0 Å². The van der Waals surface area contributed by atoms with Crippen LogP contribution in [0.5, 0.6) is 5.75 Å². The van der Waals surface area contributed by atoms with Crippen molar-refractivity contribution in [1.29, 1.82) is 0 Å². The number of nitrogen functional groups attached to an aromatic ring is 1. The Balaban J connectivity index is 1.45. The van der Waals surface area contributed by atoms with E-state index in [4.69, 9.17) is 10.5 Å². The second-order valence-corrected chi connectivity index (χ2v) is 9.32. The van der Waals surface area contributed by atoms with Crippen molar-refractivity contribution in [1.82, 2.24) is 14.9 Å². The second-order valence-electron chi connectivity index (χ2n) is 9.32. The number of aryl methyl sites for hydroxylation is 1. The van der Waals surface area contributed by atoms with E-state index in [1.807, 2.05) is 12.3 Å². The van der Waals surface area contributed by atoms with Crippen LogP contribution in [0.15, 0.2) is 30.5 Å². The maximum Gasteiger partial charge on any atom is 0.221 e. The van der Waals surface area contributed by atoms with Crippen LogP contribution in [0.2, 0.25) is 0 Å². The molecule has 30 heavy (non-hydrogen) atoms. The van der Waals surface area contributed by atoms with Crippen molar-refractivity contribution in [3.63, 3.8) is 0 Å². The van der Waals surface area contributed by atoms with Crippen molar-refractivity contribution in [2.45, 2.75) is 51.1 Å². The highest BCUT2D eigenvalue weighted by Gasteiger charge is 2.47. The Hall–Kier alpha value is -2.34. The fourth-order valence-corrected chi connectivity index (χ4v) is 6.17. The van der Waals surface area contributed by atoms with Gasteiger partial charge in [0.25, 0.3) is 0 Å². The maximum absolute atomic E-state index is 5.94. The molecule has 160 valence electrons. The molecule has 3 aliphatic heterocycles. The highest BCUT2D eigenvalue weighted by atomic mass is 16.5. The number of aromatic nitrogens is 2. The molecule has 6 nitrogen and oxygen atoms in total. The van der Waals surface area contributed by atoms with Crippen LogP contribution in [0.4, 0.5) is 11.8 Å². The van der Waals surface area contributed by atoms with Crippen molar-refractivity contribution in [2.24, 2.45) is 11.8 Å². The molecule has 0 saturated carbocycles. The number of rotatable bonds is 4. The van der Waals surface area contributed by atoms with Crippen LogP contribution in [0, 0.1) is 18.8 Å². The second kappa shape index (κ2) is 8.06. The molecule has 2 aromatic rings. The third-order valence-electron chi connectivity index (χ3n) is 7.46. The normalized spacial score (nSPS) is 28.8. The van der Waals surface area contributed by atoms with Crippen molar-refractivity contribution in [3.05, 3.63) is 41.6 Å². The number of benzene rings is 1. The van der Waals surface area contributed by atoms with E-state index in [0.717, 1.165) is 36.6 Å². The van der Waals surface area contributed by atoms with Crippen LogP contribution in [0.3, 0.4) is 0 Å². The highest BCUT2D eigenvalue weighted by Crippen LogP contribution is 2.43. The molecule has 2 N–H and O–H groups in total. The Morgan fingerprint density at radius 2 is 2.07 bits per heavy atom. The summed E-state index contributed by atoms with van der Waals surface area (Å²) in [5.41, 5.74) is 8.44. The van der Waals surface area contributed by atoms with Gasteiger partial charge in [-0.15, -0.1) is 0 Å².